The van der Waals surface area contributed by atoms with Gasteiger partial charge in [0.1, 0.15) is 0 Å². The number of allylic oxidation sites excluding steroid dienone is 1. The summed E-state index contributed by atoms with van der Waals surface area (Å²) >= 11 is 5.91. The third kappa shape index (κ3) is 3.20. The Labute approximate surface area is 123 Å². The molecule has 0 aromatic heterocycles. The first kappa shape index (κ1) is 16.2. The quantitative estimate of drug-likeness (QED) is 0.477. The van der Waals surface area contributed by atoms with Gasteiger partial charge in [0.2, 0.25) is 0 Å². The number of carboxylic acids is 1. The highest BCUT2D eigenvalue weighted by atomic mass is 35.5. The van der Waals surface area contributed by atoms with Crippen molar-refractivity contribution >= 4 is 23.5 Å². The van der Waals surface area contributed by atoms with Gasteiger partial charge < -0.3 is 9.84 Å². The first-order chi connectivity index (χ1) is 9.48. The van der Waals surface area contributed by atoms with Gasteiger partial charge in [0.05, 0.1) is 6.61 Å². The molecule has 0 aliphatic carbocycles. The monoisotopic (exact) mass is 296 g/mol. The number of halogens is 1. The van der Waals surface area contributed by atoms with Gasteiger partial charge in [-0.05, 0) is 37.5 Å². The van der Waals surface area contributed by atoms with Gasteiger partial charge in [0, 0.05) is 5.02 Å². The average molecular weight is 297 g/mol. The molecule has 1 aromatic rings. The molecule has 108 valence electrons. The highest BCUT2D eigenvalue weighted by molar-refractivity contribution is 6.30. The number of rotatable bonds is 7. The Bertz CT molecular complexity index is 512. The predicted octanol–water partition coefficient (Wildman–Crippen LogP) is 3.19. The molecule has 0 heterocycles. The van der Waals surface area contributed by atoms with E-state index in [0.717, 1.165) is 0 Å². The fraction of sp³-hybridized carbons (Fsp3) is 0.333. The smallest absolute Gasteiger partial charge is 0.328 e. The third-order valence-corrected chi connectivity index (χ3v) is 3.26. The third-order valence-electron chi connectivity index (χ3n) is 3.03. The average Bonchev–Trinajstić information content (AvgIpc) is 2.39. The molecule has 0 aliphatic rings. The molecule has 0 amide bonds. The van der Waals surface area contributed by atoms with Crippen LogP contribution in [0.25, 0.3) is 0 Å². The molecule has 1 unspecified atom stereocenters. The highest BCUT2D eigenvalue weighted by Crippen LogP contribution is 2.33. The zero-order valence-corrected chi connectivity index (χ0v) is 12.0. The molecule has 0 bridgehead atoms. The van der Waals surface area contributed by atoms with Crippen molar-refractivity contribution in [2.75, 3.05) is 6.61 Å². The summed E-state index contributed by atoms with van der Waals surface area (Å²) in [6.45, 7) is 5.32. The number of esters is 1. The first-order valence-electron chi connectivity index (χ1n) is 6.26. The second-order valence-corrected chi connectivity index (χ2v) is 4.71. The molecule has 4 nitrogen and oxygen atoms in total. The Kier molecular flexibility index (Phi) is 5.77. The van der Waals surface area contributed by atoms with Crippen molar-refractivity contribution in [2.24, 2.45) is 0 Å². The molecule has 0 radical (unpaired) electrons. The van der Waals surface area contributed by atoms with Crippen molar-refractivity contribution < 1.29 is 19.4 Å². The standard InChI is InChI=1S/C15H17ClO4/c1-3-5-9-15(13(17)18,14(19)20-4-2)11-7-6-8-12(16)10-11/h3,6-8,10H,1,4-5,9H2,2H3,(H,17,18). The number of ether oxygens (including phenoxy) is 1. The Balaban J connectivity index is 3.39. The molecule has 0 saturated carbocycles. The molecule has 0 fully saturated rings. The van der Waals surface area contributed by atoms with E-state index in [2.05, 4.69) is 6.58 Å². The number of hydrogen-bond donors (Lipinski definition) is 1. The molecule has 1 atom stereocenters. The van der Waals surface area contributed by atoms with Crippen LogP contribution >= 0.6 is 11.6 Å². The maximum Gasteiger partial charge on any atom is 0.328 e. The van der Waals surface area contributed by atoms with Crippen molar-refractivity contribution in [3.05, 3.63) is 47.5 Å². The molecular formula is C15H17ClO4. The fourth-order valence-corrected chi connectivity index (χ4v) is 2.20. The lowest BCUT2D eigenvalue weighted by Crippen LogP contribution is -2.45. The van der Waals surface area contributed by atoms with Crippen LogP contribution in [0.4, 0.5) is 0 Å². The summed E-state index contributed by atoms with van der Waals surface area (Å²) in [5.74, 6) is -2.03. The zero-order valence-electron chi connectivity index (χ0n) is 11.3. The second kappa shape index (κ2) is 7.10. The lowest BCUT2D eigenvalue weighted by Gasteiger charge is -2.27. The molecule has 1 N–H and O–H groups in total. The summed E-state index contributed by atoms with van der Waals surface area (Å²) in [5, 5.41) is 9.98. The number of carbonyl (C=O) groups excluding carboxylic acids is 1. The van der Waals surface area contributed by atoms with E-state index in [-0.39, 0.29) is 13.0 Å². The van der Waals surface area contributed by atoms with E-state index in [0.29, 0.717) is 17.0 Å². The van der Waals surface area contributed by atoms with E-state index >= 15 is 0 Å². The molecule has 0 spiro atoms. The van der Waals surface area contributed by atoms with E-state index in [9.17, 15) is 14.7 Å². The van der Waals surface area contributed by atoms with E-state index in [1.807, 2.05) is 0 Å². The van der Waals surface area contributed by atoms with Crippen LogP contribution in [0.1, 0.15) is 25.3 Å². The van der Waals surface area contributed by atoms with Crippen LogP contribution in [0.5, 0.6) is 0 Å². The number of aliphatic carboxylic acids is 1. The first-order valence-corrected chi connectivity index (χ1v) is 6.64. The maximum absolute atomic E-state index is 12.2. The number of benzene rings is 1. The van der Waals surface area contributed by atoms with Crippen LogP contribution in [-0.2, 0) is 19.7 Å². The summed E-state index contributed by atoms with van der Waals surface area (Å²) < 4.78 is 4.96. The van der Waals surface area contributed by atoms with Gasteiger partial charge in [0.25, 0.3) is 0 Å². The van der Waals surface area contributed by atoms with Crippen molar-refractivity contribution in [3.63, 3.8) is 0 Å². The van der Waals surface area contributed by atoms with Gasteiger partial charge in [-0.25, -0.2) is 0 Å². The van der Waals surface area contributed by atoms with Gasteiger partial charge in [-0.15, -0.1) is 6.58 Å². The van der Waals surface area contributed by atoms with Gasteiger partial charge in [-0.2, -0.15) is 0 Å². The minimum Gasteiger partial charge on any atom is -0.480 e. The van der Waals surface area contributed by atoms with Crippen LogP contribution in [0.2, 0.25) is 5.02 Å². The minimum atomic E-state index is -1.75. The number of carboxylic acid groups (broad SMARTS) is 1. The molecule has 0 aliphatic heterocycles. The van der Waals surface area contributed by atoms with Crippen LogP contribution in [0.15, 0.2) is 36.9 Å². The summed E-state index contributed by atoms with van der Waals surface area (Å²) in [6.07, 6.45) is 2.02. The largest absolute Gasteiger partial charge is 0.480 e. The maximum atomic E-state index is 12.2. The number of hydrogen-bond acceptors (Lipinski definition) is 3. The Morgan fingerprint density at radius 1 is 1.50 bits per heavy atom. The van der Waals surface area contributed by atoms with Crippen molar-refractivity contribution in [3.8, 4) is 0 Å². The molecule has 1 aromatic carbocycles. The Morgan fingerprint density at radius 3 is 2.70 bits per heavy atom. The van der Waals surface area contributed by atoms with E-state index in [1.54, 1.807) is 31.2 Å². The fourth-order valence-electron chi connectivity index (χ4n) is 2.01. The van der Waals surface area contributed by atoms with Crippen LogP contribution in [0, 0.1) is 0 Å². The van der Waals surface area contributed by atoms with Gasteiger partial charge in [-0.1, -0.05) is 29.8 Å². The molecular weight excluding hydrogens is 280 g/mol. The second-order valence-electron chi connectivity index (χ2n) is 4.27. The van der Waals surface area contributed by atoms with Gasteiger partial charge in [-0.3, -0.25) is 9.59 Å². The lowest BCUT2D eigenvalue weighted by atomic mass is 9.76. The topological polar surface area (TPSA) is 63.6 Å². The van der Waals surface area contributed by atoms with E-state index < -0.39 is 17.4 Å². The molecule has 20 heavy (non-hydrogen) atoms. The molecule has 1 rings (SSSR count). The minimum absolute atomic E-state index is 0.0744. The summed E-state index contributed by atoms with van der Waals surface area (Å²) in [5.41, 5.74) is -1.44. The zero-order chi connectivity index (χ0) is 15.2. The number of carbonyl (C=O) groups is 2. The van der Waals surface area contributed by atoms with Crippen molar-refractivity contribution in [1.82, 2.24) is 0 Å². The Hall–Kier alpha value is -1.81. The van der Waals surface area contributed by atoms with E-state index in [4.69, 9.17) is 16.3 Å². The van der Waals surface area contributed by atoms with Gasteiger partial charge >= 0.3 is 11.9 Å². The summed E-state index contributed by atoms with van der Waals surface area (Å²) in [6, 6.07) is 6.29. The van der Waals surface area contributed by atoms with Crippen molar-refractivity contribution in [1.29, 1.82) is 0 Å². The predicted molar refractivity (Wildman–Crippen MR) is 76.8 cm³/mol. The van der Waals surface area contributed by atoms with E-state index in [1.165, 1.54) is 6.07 Å². The lowest BCUT2D eigenvalue weighted by molar-refractivity contribution is -0.162. The normalized spacial score (nSPS) is 13.3. The molecule has 5 heteroatoms. The molecule has 0 saturated heterocycles. The Morgan fingerprint density at radius 2 is 2.20 bits per heavy atom. The summed E-state index contributed by atoms with van der Waals surface area (Å²) in [7, 11) is 0. The summed E-state index contributed by atoms with van der Waals surface area (Å²) in [4.78, 5) is 24.0. The van der Waals surface area contributed by atoms with Crippen LogP contribution in [-0.4, -0.2) is 23.7 Å². The van der Waals surface area contributed by atoms with Crippen LogP contribution in [0.3, 0.4) is 0 Å². The van der Waals surface area contributed by atoms with Gasteiger partial charge in [0.15, 0.2) is 5.41 Å². The van der Waals surface area contributed by atoms with Crippen LogP contribution < -0.4 is 0 Å². The highest BCUT2D eigenvalue weighted by Gasteiger charge is 2.48. The van der Waals surface area contributed by atoms with Crippen molar-refractivity contribution in [2.45, 2.75) is 25.2 Å². The SMILES string of the molecule is C=CCCC(C(=O)O)(C(=O)OCC)c1cccc(Cl)c1.